The van der Waals surface area contributed by atoms with Crippen LogP contribution in [0.15, 0.2) is 18.2 Å². The first-order valence-electron chi connectivity index (χ1n) is 6.93. The van der Waals surface area contributed by atoms with Crippen LogP contribution < -0.4 is 4.90 Å². The molecule has 1 heteroatoms. The highest BCUT2D eigenvalue weighted by molar-refractivity contribution is 5.60. The summed E-state index contributed by atoms with van der Waals surface area (Å²) in [5.74, 6) is 0. The van der Waals surface area contributed by atoms with Crippen LogP contribution in [0.25, 0.3) is 0 Å². The molecule has 0 radical (unpaired) electrons. The Morgan fingerprint density at radius 1 is 1.12 bits per heavy atom. The van der Waals surface area contributed by atoms with Crippen LogP contribution in [0.4, 0.5) is 5.69 Å². The summed E-state index contributed by atoms with van der Waals surface area (Å²) in [6.07, 6.45) is 3.59. The van der Waals surface area contributed by atoms with E-state index in [-0.39, 0.29) is 0 Å². The minimum Gasteiger partial charge on any atom is -0.371 e. The molecule has 17 heavy (non-hydrogen) atoms. The Hall–Kier alpha value is -0.980. The lowest BCUT2D eigenvalue weighted by Gasteiger charge is -2.26. The van der Waals surface area contributed by atoms with Gasteiger partial charge in [-0.1, -0.05) is 45.9 Å². The maximum atomic E-state index is 2.61. The zero-order chi connectivity index (χ0) is 12.5. The molecule has 1 nitrogen and oxygen atoms in total. The van der Waals surface area contributed by atoms with Crippen LogP contribution in [0.2, 0.25) is 0 Å². The summed E-state index contributed by atoms with van der Waals surface area (Å²) in [4.78, 5) is 2.61. The van der Waals surface area contributed by atoms with Crippen LogP contribution in [0.1, 0.15) is 45.2 Å². The average molecular weight is 231 g/mol. The summed E-state index contributed by atoms with van der Waals surface area (Å²) in [5.41, 5.74) is 5.04. The van der Waals surface area contributed by atoms with E-state index >= 15 is 0 Å². The molecule has 0 unspecified atom stereocenters. The first-order chi connectivity index (χ1) is 8.07. The average Bonchev–Trinajstić information content (AvgIpc) is 2.68. The summed E-state index contributed by atoms with van der Waals surface area (Å²) in [7, 11) is 0. The molecule has 1 heterocycles. The molecule has 0 saturated carbocycles. The van der Waals surface area contributed by atoms with E-state index in [0.717, 1.165) is 12.8 Å². The van der Waals surface area contributed by atoms with E-state index in [4.69, 9.17) is 0 Å². The van der Waals surface area contributed by atoms with Gasteiger partial charge in [0.05, 0.1) is 0 Å². The molecule has 1 saturated heterocycles. The second-order valence-corrected chi connectivity index (χ2v) is 5.97. The van der Waals surface area contributed by atoms with Gasteiger partial charge < -0.3 is 4.90 Å². The quantitative estimate of drug-likeness (QED) is 0.758. The highest BCUT2D eigenvalue weighted by atomic mass is 15.2. The van der Waals surface area contributed by atoms with Crippen molar-refractivity contribution in [1.29, 1.82) is 0 Å². The highest BCUT2D eigenvalue weighted by Crippen LogP contribution is 2.36. The number of benzene rings is 1. The molecular formula is C16H25N. The van der Waals surface area contributed by atoms with E-state index < -0.39 is 0 Å². The van der Waals surface area contributed by atoms with Crippen molar-refractivity contribution in [2.24, 2.45) is 5.41 Å². The van der Waals surface area contributed by atoms with Gasteiger partial charge in [0, 0.05) is 18.8 Å². The van der Waals surface area contributed by atoms with Crippen LogP contribution in [-0.4, -0.2) is 13.1 Å². The van der Waals surface area contributed by atoms with E-state index in [1.165, 1.54) is 36.3 Å². The summed E-state index contributed by atoms with van der Waals surface area (Å²) in [6.45, 7) is 11.7. The van der Waals surface area contributed by atoms with Gasteiger partial charge >= 0.3 is 0 Å². The fraction of sp³-hybridized carbons (Fsp3) is 0.625. The Bertz CT molecular complexity index is 370. The lowest BCUT2D eigenvalue weighted by molar-refractivity contribution is 0.418. The zero-order valence-electron chi connectivity index (χ0n) is 11.7. The molecule has 0 N–H and O–H groups in total. The fourth-order valence-electron chi connectivity index (χ4n) is 2.92. The minimum absolute atomic E-state index is 0.478. The van der Waals surface area contributed by atoms with E-state index in [1.807, 2.05) is 0 Å². The zero-order valence-corrected chi connectivity index (χ0v) is 11.7. The van der Waals surface area contributed by atoms with E-state index in [2.05, 4.69) is 50.8 Å². The van der Waals surface area contributed by atoms with E-state index in [9.17, 15) is 0 Å². The second-order valence-electron chi connectivity index (χ2n) is 5.97. The second kappa shape index (κ2) is 4.72. The Morgan fingerprint density at radius 3 is 2.12 bits per heavy atom. The van der Waals surface area contributed by atoms with Gasteiger partial charge in [0.15, 0.2) is 0 Å². The Balaban J connectivity index is 2.37. The van der Waals surface area contributed by atoms with Crippen LogP contribution >= 0.6 is 0 Å². The Labute approximate surface area is 106 Å². The third-order valence-electron chi connectivity index (χ3n) is 3.96. The molecule has 1 aliphatic rings. The van der Waals surface area contributed by atoms with Crippen molar-refractivity contribution in [3.63, 3.8) is 0 Å². The predicted octanol–water partition coefficient (Wildman–Crippen LogP) is 4.05. The molecule has 0 amide bonds. The minimum atomic E-state index is 0.478. The van der Waals surface area contributed by atoms with Crippen molar-refractivity contribution >= 4 is 5.69 Å². The van der Waals surface area contributed by atoms with Crippen LogP contribution in [0, 0.1) is 5.41 Å². The summed E-state index contributed by atoms with van der Waals surface area (Å²) >= 11 is 0. The predicted molar refractivity (Wildman–Crippen MR) is 75.8 cm³/mol. The van der Waals surface area contributed by atoms with Gasteiger partial charge in [-0.15, -0.1) is 0 Å². The largest absolute Gasteiger partial charge is 0.371 e. The molecule has 1 aliphatic heterocycles. The molecule has 1 aromatic carbocycles. The number of hydrogen-bond acceptors (Lipinski definition) is 1. The number of hydrogen-bond donors (Lipinski definition) is 0. The highest BCUT2D eigenvalue weighted by Gasteiger charge is 2.30. The Kier molecular flexibility index (Phi) is 3.46. The molecule has 2 rings (SSSR count). The molecule has 0 spiro atoms. The Morgan fingerprint density at radius 2 is 1.71 bits per heavy atom. The van der Waals surface area contributed by atoms with Crippen LogP contribution in [0.3, 0.4) is 0 Å². The number of aryl methyl sites for hydroxylation is 2. The van der Waals surface area contributed by atoms with Crippen molar-refractivity contribution in [3.05, 3.63) is 29.3 Å². The molecule has 0 aliphatic carbocycles. The van der Waals surface area contributed by atoms with Gasteiger partial charge in [-0.25, -0.2) is 0 Å². The SMILES string of the molecule is CCc1cccc(CC)c1N1CCC(C)(C)C1. The lowest BCUT2D eigenvalue weighted by Crippen LogP contribution is -2.24. The summed E-state index contributed by atoms with van der Waals surface area (Å²) in [6, 6.07) is 6.79. The van der Waals surface area contributed by atoms with Crippen molar-refractivity contribution in [1.82, 2.24) is 0 Å². The molecule has 0 atom stereocenters. The topological polar surface area (TPSA) is 3.24 Å². The molecule has 0 aromatic heterocycles. The molecule has 1 aromatic rings. The number of para-hydroxylation sites is 1. The maximum absolute atomic E-state index is 2.61. The number of anilines is 1. The third kappa shape index (κ3) is 2.48. The normalized spacial score (nSPS) is 18.7. The van der Waals surface area contributed by atoms with Crippen molar-refractivity contribution in [3.8, 4) is 0 Å². The molecule has 1 fully saturated rings. The van der Waals surface area contributed by atoms with Gasteiger partial charge in [0.2, 0.25) is 0 Å². The smallest absolute Gasteiger partial charge is 0.0431 e. The van der Waals surface area contributed by atoms with Gasteiger partial charge in [0.25, 0.3) is 0 Å². The van der Waals surface area contributed by atoms with Gasteiger partial charge in [0.1, 0.15) is 0 Å². The van der Waals surface area contributed by atoms with Gasteiger partial charge in [-0.05, 0) is 35.8 Å². The van der Waals surface area contributed by atoms with Crippen molar-refractivity contribution in [2.75, 3.05) is 18.0 Å². The maximum Gasteiger partial charge on any atom is 0.0431 e. The van der Waals surface area contributed by atoms with E-state index in [1.54, 1.807) is 0 Å². The number of rotatable bonds is 3. The third-order valence-corrected chi connectivity index (χ3v) is 3.96. The van der Waals surface area contributed by atoms with E-state index in [0.29, 0.717) is 5.41 Å². The number of nitrogens with zero attached hydrogens (tertiary/aromatic N) is 1. The molecule has 94 valence electrons. The first-order valence-corrected chi connectivity index (χ1v) is 6.93. The standard InChI is InChI=1S/C16H25N/c1-5-13-8-7-9-14(6-2)15(13)17-11-10-16(3,4)12-17/h7-9H,5-6,10-12H2,1-4H3. The van der Waals surface area contributed by atoms with Crippen LogP contribution in [-0.2, 0) is 12.8 Å². The summed E-state index contributed by atoms with van der Waals surface area (Å²) < 4.78 is 0. The van der Waals surface area contributed by atoms with Gasteiger partial charge in [-0.3, -0.25) is 0 Å². The van der Waals surface area contributed by atoms with Crippen molar-refractivity contribution in [2.45, 2.75) is 47.0 Å². The van der Waals surface area contributed by atoms with Gasteiger partial charge in [-0.2, -0.15) is 0 Å². The first kappa shape index (κ1) is 12.5. The summed E-state index contributed by atoms with van der Waals surface area (Å²) in [5, 5.41) is 0. The van der Waals surface area contributed by atoms with Crippen molar-refractivity contribution < 1.29 is 0 Å². The molecule has 0 bridgehead atoms. The molecular weight excluding hydrogens is 206 g/mol. The fourth-order valence-corrected chi connectivity index (χ4v) is 2.92. The monoisotopic (exact) mass is 231 g/mol. The lowest BCUT2D eigenvalue weighted by atomic mass is 9.93. The van der Waals surface area contributed by atoms with Crippen LogP contribution in [0.5, 0.6) is 0 Å².